The number of esters is 1. The van der Waals surface area contributed by atoms with Crippen molar-refractivity contribution in [2.75, 3.05) is 0 Å². The number of rotatable bonds is 5. The van der Waals surface area contributed by atoms with E-state index in [0.717, 1.165) is 6.07 Å². The Bertz CT molecular complexity index is 872. The molecule has 0 fully saturated rings. The number of H-pyrrole nitrogens is 1. The number of aromatic nitrogens is 1. The number of hydrogen-bond acceptors (Lipinski definition) is 4. The molecule has 1 aromatic carbocycles. The van der Waals surface area contributed by atoms with Crippen LogP contribution in [0, 0.1) is 19.7 Å². The molecule has 0 aliphatic heterocycles. The Balaban J connectivity index is 2.22. The third-order valence-corrected chi connectivity index (χ3v) is 4.33. The van der Waals surface area contributed by atoms with Crippen LogP contribution in [0.15, 0.2) is 22.7 Å². The van der Waals surface area contributed by atoms with Crippen molar-refractivity contribution in [1.82, 2.24) is 4.98 Å². The highest BCUT2D eigenvalue weighted by Crippen LogP contribution is 2.21. The van der Waals surface area contributed by atoms with Crippen LogP contribution in [0.2, 0.25) is 0 Å². The van der Waals surface area contributed by atoms with Crippen LogP contribution in [0.3, 0.4) is 0 Å². The molecule has 5 nitrogen and oxygen atoms in total. The van der Waals surface area contributed by atoms with Crippen molar-refractivity contribution in [2.24, 2.45) is 0 Å². The average Bonchev–Trinajstić information content (AvgIpc) is 2.80. The SMILES string of the molecule is CC(=O)c1c(C)[nH]c(C(=O)[C@H](C)OC(=O)c2ccc(Br)cc2F)c1C. The van der Waals surface area contributed by atoms with Gasteiger partial charge in [-0.05, 0) is 51.5 Å². The minimum Gasteiger partial charge on any atom is -0.451 e. The molecule has 1 heterocycles. The summed E-state index contributed by atoms with van der Waals surface area (Å²) in [6, 6.07) is 3.92. The smallest absolute Gasteiger partial charge is 0.341 e. The van der Waals surface area contributed by atoms with Gasteiger partial charge in [0.1, 0.15) is 5.82 Å². The minimum absolute atomic E-state index is 0.160. The predicted octanol–water partition coefficient (Wildman–Crippen LogP) is 4.16. The summed E-state index contributed by atoms with van der Waals surface area (Å²) < 4.78 is 19.4. The second-order valence-electron chi connectivity index (χ2n) is 5.72. The van der Waals surface area contributed by atoms with Gasteiger partial charge in [-0.25, -0.2) is 9.18 Å². The molecule has 1 aromatic heterocycles. The van der Waals surface area contributed by atoms with E-state index in [4.69, 9.17) is 4.74 Å². The first-order valence-electron chi connectivity index (χ1n) is 7.53. The molecule has 0 amide bonds. The minimum atomic E-state index is -1.13. The fourth-order valence-corrected chi connectivity index (χ4v) is 2.99. The zero-order valence-electron chi connectivity index (χ0n) is 14.2. The van der Waals surface area contributed by atoms with E-state index in [0.29, 0.717) is 21.3 Å². The average molecular weight is 410 g/mol. The van der Waals surface area contributed by atoms with Crippen molar-refractivity contribution < 1.29 is 23.5 Å². The molecule has 2 rings (SSSR count). The van der Waals surface area contributed by atoms with Crippen LogP contribution in [-0.4, -0.2) is 28.6 Å². The second-order valence-corrected chi connectivity index (χ2v) is 6.63. The number of ketones is 2. The van der Waals surface area contributed by atoms with Crippen molar-refractivity contribution in [1.29, 1.82) is 0 Å². The van der Waals surface area contributed by atoms with Crippen molar-refractivity contribution in [3.05, 3.63) is 56.6 Å². The van der Waals surface area contributed by atoms with Gasteiger partial charge in [-0.1, -0.05) is 15.9 Å². The highest BCUT2D eigenvalue weighted by molar-refractivity contribution is 9.10. The summed E-state index contributed by atoms with van der Waals surface area (Å²) in [6.07, 6.45) is -1.13. The maximum Gasteiger partial charge on any atom is 0.341 e. The van der Waals surface area contributed by atoms with Gasteiger partial charge in [-0.2, -0.15) is 0 Å². The lowest BCUT2D eigenvalue weighted by atomic mass is 10.0. The van der Waals surface area contributed by atoms with Crippen molar-refractivity contribution >= 4 is 33.5 Å². The van der Waals surface area contributed by atoms with Gasteiger partial charge in [0.2, 0.25) is 5.78 Å². The summed E-state index contributed by atoms with van der Waals surface area (Å²) in [4.78, 5) is 39.2. The lowest BCUT2D eigenvalue weighted by Crippen LogP contribution is -2.25. The third-order valence-electron chi connectivity index (χ3n) is 3.84. The number of carbonyl (C=O) groups excluding carboxylic acids is 3. The summed E-state index contributed by atoms with van der Waals surface area (Å²) >= 11 is 3.10. The first-order valence-corrected chi connectivity index (χ1v) is 8.33. The largest absolute Gasteiger partial charge is 0.451 e. The van der Waals surface area contributed by atoms with Gasteiger partial charge in [0.25, 0.3) is 0 Å². The Morgan fingerprint density at radius 2 is 1.88 bits per heavy atom. The fraction of sp³-hybridized carbons (Fsp3) is 0.278. The highest BCUT2D eigenvalue weighted by Gasteiger charge is 2.27. The molecular formula is C18H17BrFNO4. The molecule has 0 aliphatic carbocycles. The number of nitrogens with one attached hydrogen (secondary N) is 1. The van der Waals surface area contributed by atoms with Gasteiger partial charge in [0, 0.05) is 15.7 Å². The van der Waals surface area contributed by atoms with E-state index in [1.807, 2.05) is 0 Å². The number of aromatic amines is 1. The quantitative estimate of drug-likeness (QED) is 0.593. The standard InChI is InChI=1S/C18H17BrFNO4/c1-8-15(10(3)22)9(2)21-16(8)17(23)11(4)25-18(24)13-6-5-12(19)7-14(13)20/h5-7,11,21H,1-4H3/t11-/m0/s1. The van der Waals surface area contributed by atoms with Crippen LogP contribution < -0.4 is 0 Å². The highest BCUT2D eigenvalue weighted by atomic mass is 79.9. The third kappa shape index (κ3) is 3.87. The van der Waals surface area contributed by atoms with Gasteiger partial charge in [-0.15, -0.1) is 0 Å². The van der Waals surface area contributed by atoms with Crippen molar-refractivity contribution in [3.63, 3.8) is 0 Å². The normalized spacial score (nSPS) is 11.9. The molecule has 0 bridgehead atoms. The summed E-state index contributed by atoms with van der Waals surface area (Å²) in [5, 5.41) is 0. The van der Waals surface area contributed by atoms with Gasteiger partial charge in [0.05, 0.1) is 11.3 Å². The lowest BCUT2D eigenvalue weighted by molar-refractivity contribution is 0.0312. The zero-order chi connectivity index (χ0) is 18.9. The molecule has 1 N–H and O–H groups in total. The van der Waals surface area contributed by atoms with Crippen molar-refractivity contribution in [2.45, 2.75) is 33.8 Å². The van der Waals surface area contributed by atoms with E-state index in [2.05, 4.69) is 20.9 Å². The Morgan fingerprint density at radius 3 is 2.40 bits per heavy atom. The molecule has 25 heavy (non-hydrogen) atoms. The van der Waals surface area contributed by atoms with E-state index in [1.165, 1.54) is 26.0 Å². The second kappa shape index (κ2) is 7.31. The van der Waals surface area contributed by atoms with Crippen LogP contribution >= 0.6 is 15.9 Å². The molecule has 0 aliphatic rings. The van der Waals surface area contributed by atoms with Gasteiger partial charge >= 0.3 is 5.97 Å². The number of aryl methyl sites for hydroxylation is 1. The summed E-state index contributed by atoms with van der Waals surface area (Å²) in [5.41, 5.74) is 1.48. The van der Waals surface area contributed by atoms with Crippen LogP contribution in [0.25, 0.3) is 0 Å². The first kappa shape index (κ1) is 19.1. The zero-order valence-corrected chi connectivity index (χ0v) is 15.8. The van der Waals surface area contributed by atoms with Gasteiger partial charge < -0.3 is 9.72 Å². The van der Waals surface area contributed by atoms with E-state index < -0.39 is 23.7 Å². The van der Waals surface area contributed by atoms with E-state index in [1.54, 1.807) is 13.8 Å². The number of Topliss-reactive ketones (excluding diaryl/α,β-unsaturated/α-hetero) is 2. The summed E-state index contributed by atoms with van der Waals surface area (Å²) in [5.74, 6) is -2.32. The molecule has 0 saturated carbocycles. The molecule has 1 atom stereocenters. The molecule has 2 aromatic rings. The van der Waals surface area contributed by atoms with Crippen LogP contribution in [0.1, 0.15) is 56.3 Å². The van der Waals surface area contributed by atoms with Crippen LogP contribution in [-0.2, 0) is 4.74 Å². The topological polar surface area (TPSA) is 76.2 Å². The Hall–Kier alpha value is -2.28. The molecule has 7 heteroatoms. The summed E-state index contributed by atoms with van der Waals surface area (Å²) in [6.45, 7) is 6.15. The van der Waals surface area contributed by atoms with Gasteiger partial charge in [-0.3, -0.25) is 9.59 Å². The van der Waals surface area contributed by atoms with E-state index in [9.17, 15) is 18.8 Å². The molecule has 0 unspecified atom stereocenters. The number of ether oxygens (including phenoxy) is 1. The molecule has 132 valence electrons. The van der Waals surface area contributed by atoms with Crippen LogP contribution in [0.4, 0.5) is 4.39 Å². The Kier molecular flexibility index (Phi) is 5.57. The summed E-state index contributed by atoms with van der Waals surface area (Å²) in [7, 11) is 0. The van der Waals surface area contributed by atoms with E-state index in [-0.39, 0.29) is 17.0 Å². The number of carbonyl (C=O) groups is 3. The monoisotopic (exact) mass is 409 g/mol. The van der Waals surface area contributed by atoms with Crippen molar-refractivity contribution in [3.8, 4) is 0 Å². The molecule has 0 spiro atoms. The van der Waals surface area contributed by atoms with Gasteiger partial charge in [0.15, 0.2) is 11.9 Å². The molecule has 0 radical (unpaired) electrons. The maximum atomic E-state index is 13.8. The lowest BCUT2D eigenvalue weighted by Gasteiger charge is -2.12. The maximum absolute atomic E-state index is 13.8. The Labute approximate surface area is 152 Å². The number of hydrogen-bond donors (Lipinski definition) is 1. The fourth-order valence-electron chi connectivity index (χ4n) is 2.66. The van der Waals surface area contributed by atoms with E-state index >= 15 is 0 Å². The number of halogens is 2. The predicted molar refractivity (Wildman–Crippen MR) is 93.6 cm³/mol. The van der Waals surface area contributed by atoms with Crippen LogP contribution in [0.5, 0.6) is 0 Å². The Morgan fingerprint density at radius 1 is 1.24 bits per heavy atom. The number of benzene rings is 1. The molecule has 0 saturated heterocycles. The molecular weight excluding hydrogens is 393 g/mol. The first-order chi connectivity index (χ1) is 11.6.